The van der Waals surface area contributed by atoms with Crippen LogP contribution in [0.4, 0.5) is 14.5 Å². The first-order valence-electron chi connectivity index (χ1n) is 6.10. The Bertz CT molecular complexity index is 622. The minimum atomic E-state index is -4.08. The fraction of sp³-hybridized carbons (Fsp3) is 0.500. The molecule has 1 saturated heterocycles. The molecule has 0 radical (unpaired) electrons. The van der Waals surface area contributed by atoms with Crippen LogP contribution < -0.4 is 5.73 Å². The van der Waals surface area contributed by atoms with Crippen LogP contribution in [0.3, 0.4) is 0 Å². The normalized spacial score (nSPS) is 20.0. The number of piperidine rings is 1. The number of nitrogens with two attached hydrogens (primary N) is 1. The van der Waals surface area contributed by atoms with Crippen molar-refractivity contribution >= 4 is 15.7 Å². The number of hydrogen-bond acceptors (Lipinski definition) is 4. The van der Waals surface area contributed by atoms with Crippen LogP contribution in [0.1, 0.15) is 19.8 Å². The van der Waals surface area contributed by atoms with Gasteiger partial charge in [-0.2, -0.15) is 4.31 Å². The molecule has 8 heteroatoms. The van der Waals surface area contributed by atoms with Crippen molar-refractivity contribution in [3.63, 3.8) is 0 Å². The lowest BCUT2D eigenvalue weighted by Gasteiger charge is -2.35. The van der Waals surface area contributed by atoms with Gasteiger partial charge in [-0.3, -0.25) is 0 Å². The molecule has 1 heterocycles. The van der Waals surface area contributed by atoms with Gasteiger partial charge in [-0.1, -0.05) is 0 Å². The highest BCUT2D eigenvalue weighted by Crippen LogP contribution is 2.29. The zero-order valence-electron chi connectivity index (χ0n) is 10.9. The van der Waals surface area contributed by atoms with Crippen LogP contribution in [0.5, 0.6) is 0 Å². The molecular formula is C12H16F2N2O3S. The van der Waals surface area contributed by atoms with Crippen molar-refractivity contribution in [2.75, 3.05) is 18.8 Å². The zero-order chi connectivity index (χ0) is 15.1. The van der Waals surface area contributed by atoms with E-state index in [1.807, 2.05) is 0 Å². The van der Waals surface area contributed by atoms with Gasteiger partial charge in [-0.05, 0) is 25.8 Å². The van der Waals surface area contributed by atoms with Crippen molar-refractivity contribution in [1.29, 1.82) is 0 Å². The summed E-state index contributed by atoms with van der Waals surface area (Å²) < 4.78 is 52.5. The van der Waals surface area contributed by atoms with E-state index in [0.29, 0.717) is 6.07 Å². The van der Waals surface area contributed by atoms with E-state index in [4.69, 9.17) is 5.73 Å². The Balaban J connectivity index is 2.34. The fourth-order valence-electron chi connectivity index (χ4n) is 2.09. The molecule has 1 aliphatic rings. The molecule has 1 aliphatic heterocycles. The molecule has 0 aromatic heterocycles. The summed E-state index contributed by atoms with van der Waals surface area (Å²) in [5.41, 5.74) is 3.95. The Morgan fingerprint density at radius 1 is 1.25 bits per heavy atom. The molecule has 20 heavy (non-hydrogen) atoms. The summed E-state index contributed by atoms with van der Waals surface area (Å²) in [5, 5.41) is 9.80. The van der Waals surface area contributed by atoms with E-state index in [1.54, 1.807) is 6.92 Å². The Kier molecular flexibility index (Phi) is 3.74. The van der Waals surface area contributed by atoms with Crippen LogP contribution in [-0.2, 0) is 10.0 Å². The predicted octanol–water partition coefficient (Wildman–Crippen LogP) is 1.08. The second-order valence-electron chi connectivity index (χ2n) is 5.21. The molecule has 1 fully saturated rings. The zero-order valence-corrected chi connectivity index (χ0v) is 11.8. The van der Waals surface area contributed by atoms with Gasteiger partial charge in [0.25, 0.3) is 0 Å². The summed E-state index contributed by atoms with van der Waals surface area (Å²) in [4.78, 5) is -0.641. The van der Waals surface area contributed by atoms with Gasteiger partial charge in [-0.25, -0.2) is 17.2 Å². The number of sulfonamides is 1. The van der Waals surface area contributed by atoms with Crippen molar-refractivity contribution in [1.82, 2.24) is 4.31 Å². The maximum absolute atomic E-state index is 13.7. The summed E-state index contributed by atoms with van der Waals surface area (Å²) in [6.07, 6.45) is 0.509. The lowest BCUT2D eigenvalue weighted by molar-refractivity contribution is 0.0126. The fourth-order valence-corrected chi connectivity index (χ4v) is 3.61. The van der Waals surface area contributed by atoms with E-state index in [-0.39, 0.29) is 25.9 Å². The molecule has 0 bridgehead atoms. The van der Waals surface area contributed by atoms with Gasteiger partial charge in [0.1, 0.15) is 16.5 Å². The maximum atomic E-state index is 13.7. The lowest BCUT2D eigenvalue weighted by Crippen LogP contribution is -2.45. The predicted molar refractivity (Wildman–Crippen MR) is 69.4 cm³/mol. The summed E-state index contributed by atoms with van der Waals surface area (Å²) >= 11 is 0. The molecular weight excluding hydrogens is 290 g/mol. The van der Waals surface area contributed by atoms with E-state index in [2.05, 4.69) is 0 Å². The van der Waals surface area contributed by atoms with Gasteiger partial charge < -0.3 is 10.8 Å². The summed E-state index contributed by atoms with van der Waals surface area (Å²) in [7, 11) is -4.08. The number of aliphatic hydroxyl groups is 1. The third-order valence-electron chi connectivity index (χ3n) is 3.47. The van der Waals surface area contributed by atoms with Crippen LogP contribution in [-0.4, -0.2) is 36.5 Å². The van der Waals surface area contributed by atoms with Crippen LogP contribution >= 0.6 is 0 Å². The molecule has 2 rings (SSSR count). The van der Waals surface area contributed by atoms with Gasteiger partial charge in [-0.15, -0.1) is 0 Å². The largest absolute Gasteiger partial charge is 0.396 e. The molecule has 0 unspecified atom stereocenters. The highest BCUT2D eigenvalue weighted by atomic mass is 32.2. The van der Waals surface area contributed by atoms with Crippen molar-refractivity contribution < 1.29 is 22.3 Å². The maximum Gasteiger partial charge on any atom is 0.246 e. The lowest BCUT2D eigenvalue weighted by atomic mass is 9.95. The van der Waals surface area contributed by atoms with E-state index in [1.165, 1.54) is 0 Å². The number of halogens is 2. The quantitative estimate of drug-likeness (QED) is 0.801. The van der Waals surface area contributed by atoms with Crippen molar-refractivity contribution in [3.8, 4) is 0 Å². The number of nitrogen functional groups attached to an aromatic ring is 1. The number of benzene rings is 1. The Morgan fingerprint density at radius 3 is 2.35 bits per heavy atom. The van der Waals surface area contributed by atoms with Gasteiger partial charge in [0.05, 0.1) is 11.3 Å². The highest BCUT2D eigenvalue weighted by Gasteiger charge is 2.35. The average molecular weight is 306 g/mol. The molecule has 5 nitrogen and oxygen atoms in total. The summed E-state index contributed by atoms with van der Waals surface area (Å²) in [5.74, 6) is -2.17. The molecule has 3 N–H and O–H groups in total. The average Bonchev–Trinajstić information content (AvgIpc) is 2.33. The first-order chi connectivity index (χ1) is 9.13. The third-order valence-corrected chi connectivity index (χ3v) is 5.38. The Labute approximate surface area is 116 Å². The van der Waals surface area contributed by atoms with Gasteiger partial charge in [0, 0.05) is 19.2 Å². The minimum Gasteiger partial charge on any atom is -0.396 e. The second kappa shape index (κ2) is 4.94. The summed E-state index contributed by atoms with van der Waals surface area (Å²) in [6, 6.07) is 1.25. The van der Waals surface area contributed by atoms with Crippen LogP contribution in [0.2, 0.25) is 0 Å². The minimum absolute atomic E-state index is 0.0755. The molecule has 1 aromatic rings. The molecule has 1 aromatic carbocycles. The number of nitrogens with zero attached hydrogens (tertiary/aromatic N) is 1. The Hall–Kier alpha value is -1.25. The summed E-state index contributed by atoms with van der Waals surface area (Å²) in [6.45, 7) is 1.77. The molecule has 0 amide bonds. The van der Waals surface area contributed by atoms with E-state index in [9.17, 15) is 22.3 Å². The molecule has 0 atom stereocenters. The van der Waals surface area contributed by atoms with Crippen LogP contribution in [0.15, 0.2) is 17.0 Å². The Morgan fingerprint density at radius 2 is 1.80 bits per heavy atom. The van der Waals surface area contributed by atoms with Crippen molar-refractivity contribution in [2.24, 2.45) is 0 Å². The standard InChI is InChI=1S/C12H16F2N2O3S/c1-12(17)2-4-16(5-3-12)20(18,19)11-7-10(15)8(13)6-9(11)14/h6-7,17H,2-5,15H2,1H3. The van der Waals surface area contributed by atoms with Crippen molar-refractivity contribution in [2.45, 2.75) is 30.3 Å². The molecule has 0 saturated carbocycles. The monoisotopic (exact) mass is 306 g/mol. The van der Waals surface area contributed by atoms with Crippen molar-refractivity contribution in [3.05, 3.63) is 23.8 Å². The third kappa shape index (κ3) is 2.77. The molecule has 0 spiro atoms. The van der Waals surface area contributed by atoms with Gasteiger partial charge in [0.2, 0.25) is 10.0 Å². The van der Waals surface area contributed by atoms with Gasteiger partial charge in [0.15, 0.2) is 0 Å². The topological polar surface area (TPSA) is 83.6 Å². The smallest absolute Gasteiger partial charge is 0.246 e. The SMILES string of the molecule is CC1(O)CCN(S(=O)(=O)c2cc(N)c(F)cc2F)CC1. The number of hydrogen-bond donors (Lipinski definition) is 2. The first kappa shape index (κ1) is 15.1. The highest BCUT2D eigenvalue weighted by molar-refractivity contribution is 7.89. The number of anilines is 1. The van der Waals surface area contributed by atoms with E-state index >= 15 is 0 Å². The van der Waals surface area contributed by atoms with Gasteiger partial charge >= 0.3 is 0 Å². The van der Waals surface area contributed by atoms with E-state index in [0.717, 1.165) is 10.4 Å². The molecule has 0 aliphatic carbocycles. The second-order valence-corrected chi connectivity index (χ2v) is 7.11. The van der Waals surface area contributed by atoms with Crippen LogP contribution in [0.25, 0.3) is 0 Å². The van der Waals surface area contributed by atoms with E-state index < -0.39 is 37.8 Å². The number of rotatable bonds is 2. The van der Waals surface area contributed by atoms with Crippen LogP contribution in [0, 0.1) is 11.6 Å². The molecule has 112 valence electrons. The first-order valence-corrected chi connectivity index (χ1v) is 7.54.